The molecular formula is C21H22N2O4. The van der Waals surface area contributed by atoms with Crippen molar-refractivity contribution in [2.24, 2.45) is 10.4 Å². The molecule has 2 atom stereocenters. The number of carbonyl (C=O) groups is 1. The largest absolute Gasteiger partial charge is 0.409 e. The zero-order chi connectivity index (χ0) is 19.7. The summed E-state index contributed by atoms with van der Waals surface area (Å²) in [5.41, 5.74) is -0.723. The van der Waals surface area contributed by atoms with Gasteiger partial charge in [-0.2, -0.15) is 0 Å². The number of nitrogens with zero attached hydrogens (tertiary/aromatic N) is 2. The van der Waals surface area contributed by atoms with Gasteiger partial charge in [-0.25, -0.2) is 9.79 Å². The summed E-state index contributed by atoms with van der Waals surface area (Å²) in [6, 6.07) is 18.0. The Labute approximate surface area is 158 Å². The number of nitro groups is 1. The molecule has 0 radical (unpaired) electrons. The third-order valence-electron chi connectivity index (χ3n) is 4.67. The van der Waals surface area contributed by atoms with Crippen molar-refractivity contribution in [3.8, 4) is 0 Å². The zero-order valence-electron chi connectivity index (χ0n) is 15.6. The fourth-order valence-corrected chi connectivity index (χ4v) is 3.32. The number of benzene rings is 2. The molecule has 2 aromatic rings. The van der Waals surface area contributed by atoms with E-state index in [9.17, 15) is 14.9 Å². The van der Waals surface area contributed by atoms with E-state index in [1.54, 1.807) is 48.5 Å². The van der Waals surface area contributed by atoms with E-state index in [1.165, 1.54) is 0 Å². The second-order valence-electron chi connectivity index (χ2n) is 7.67. The molecule has 0 amide bonds. The number of rotatable bonds is 5. The van der Waals surface area contributed by atoms with Crippen LogP contribution in [-0.4, -0.2) is 23.3 Å². The molecule has 0 spiro atoms. The van der Waals surface area contributed by atoms with Crippen molar-refractivity contribution in [1.82, 2.24) is 0 Å². The van der Waals surface area contributed by atoms with E-state index in [0.717, 1.165) is 0 Å². The third-order valence-corrected chi connectivity index (χ3v) is 4.67. The van der Waals surface area contributed by atoms with Crippen molar-refractivity contribution in [3.63, 3.8) is 0 Å². The Balaban J connectivity index is 2.28. The van der Waals surface area contributed by atoms with Crippen LogP contribution in [0.2, 0.25) is 0 Å². The molecule has 0 saturated heterocycles. The van der Waals surface area contributed by atoms with Crippen molar-refractivity contribution in [1.29, 1.82) is 0 Å². The van der Waals surface area contributed by atoms with Crippen molar-refractivity contribution < 1.29 is 14.5 Å². The molecule has 0 unspecified atom stereocenters. The first-order valence-electron chi connectivity index (χ1n) is 8.80. The van der Waals surface area contributed by atoms with Gasteiger partial charge in [0.25, 0.3) is 0 Å². The highest BCUT2D eigenvalue weighted by Gasteiger charge is 2.57. The van der Waals surface area contributed by atoms with Crippen LogP contribution in [0.3, 0.4) is 0 Å². The van der Waals surface area contributed by atoms with E-state index >= 15 is 0 Å². The Bertz CT molecular complexity index is 872. The van der Waals surface area contributed by atoms with Gasteiger partial charge in [-0.15, -0.1) is 0 Å². The van der Waals surface area contributed by atoms with Gasteiger partial charge in [0, 0.05) is 10.3 Å². The number of carbonyl (C=O) groups excluding carboxylic acids is 1. The van der Waals surface area contributed by atoms with Gasteiger partial charge >= 0.3 is 5.97 Å². The number of hydrogen-bond donors (Lipinski definition) is 0. The van der Waals surface area contributed by atoms with Crippen LogP contribution in [0.1, 0.15) is 37.8 Å². The number of hydrogen-bond acceptors (Lipinski definition) is 5. The van der Waals surface area contributed by atoms with Crippen LogP contribution in [0.25, 0.3) is 0 Å². The van der Waals surface area contributed by atoms with Crippen LogP contribution in [0.4, 0.5) is 0 Å². The molecule has 140 valence electrons. The Morgan fingerprint density at radius 1 is 1.07 bits per heavy atom. The summed E-state index contributed by atoms with van der Waals surface area (Å²) in [4.78, 5) is 29.0. The summed E-state index contributed by atoms with van der Waals surface area (Å²) in [5, 5.41) is 11.5. The molecule has 0 aliphatic carbocycles. The third kappa shape index (κ3) is 3.47. The Morgan fingerprint density at radius 2 is 1.63 bits per heavy atom. The molecule has 1 aliphatic rings. The van der Waals surface area contributed by atoms with E-state index < -0.39 is 34.3 Å². The van der Waals surface area contributed by atoms with Gasteiger partial charge in [0.1, 0.15) is 0 Å². The second kappa shape index (κ2) is 6.95. The molecule has 6 heteroatoms. The van der Waals surface area contributed by atoms with Crippen molar-refractivity contribution in [2.75, 3.05) is 6.54 Å². The first kappa shape index (κ1) is 18.8. The summed E-state index contributed by atoms with van der Waals surface area (Å²) in [6.45, 7) is 5.25. The Morgan fingerprint density at radius 3 is 2.11 bits per heavy atom. The van der Waals surface area contributed by atoms with Crippen LogP contribution in [0, 0.1) is 15.5 Å². The molecule has 0 saturated carbocycles. The standard InChI is InChI=1S/C21H22N2O4/c1-20(2,3)18-22-21(19(24)27-18,16-12-8-5-9-13-16)17(14-23(25)26)15-10-6-4-7-11-15/h4-13,17H,14H2,1-3H3/t17-,21-/m0/s1. The number of aliphatic imine (C=N–C) groups is 1. The molecular weight excluding hydrogens is 344 g/mol. The molecule has 2 aromatic carbocycles. The lowest BCUT2D eigenvalue weighted by molar-refractivity contribution is -0.485. The maximum Gasteiger partial charge on any atom is 0.346 e. The average molecular weight is 366 g/mol. The molecule has 0 aromatic heterocycles. The van der Waals surface area contributed by atoms with Crippen molar-refractivity contribution >= 4 is 11.9 Å². The minimum Gasteiger partial charge on any atom is -0.409 e. The molecule has 0 N–H and O–H groups in total. The highest BCUT2D eigenvalue weighted by atomic mass is 16.6. The maximum atomic E-state index is 13.2. The molecule has 0 bridgehead atoms. The highest BCUT2D eigenvalue weighted by Crippen LogP contribution is 2.46. The van der Waals surface area contributed by atoms with E-state index in [-0.39, 0.29) is 0 Å². The summed E-state index contributed by atoms with van der Waals surface area (Å²) < 4.78 is 5.57. The van der Waals surface area contributed by atoms with Gasteiger partial charge in [-0.1, -0.05) is 81.4 Å². The second-order valence-corrected chi connectivity index (χ2v) is 7.67. The van der Waals surface area contributed by atoms with E-state index in [0.29, 0.717) is 17.0 Å². The van der Waals surface area contributed by atoms with Crippen LogP contribution in [-0.2, 0) is 15.1 Å². The predicted molar refractivity (Wildman–Crippen MR) is 102 cm³/mol. The number of cyclic esters (lactones) is 1. The predicted octanol–water partition coefficient (Wildman–Crippen LogP) is 3.94. The molecule has 0 fully saturated rings. The van der Waals surface area contributed by atoms with Gasteiger partial charge < -0.3 is 4.74 Å². The summed E-state index contributed by atoms with van der Waals surface area (Å²) in [5.74, 6) is -1.07. The minimum atomic E-state index is -1.49. The summed E-state index contributed by atoms with van der Waals surface area (Å²) in [7, 11) is 0. The van der Waals surface area contributed by atoms with E-state index in [1.807, 2.05) is 32.9 Å². The van der Waals surface area contributed by atoms with Gasteiger partial charge in [0.2, 0.25) is 12.4 Å². The van der Waals surface area contributed by atoms with Gasteiger partial charge in [-0.05, 0) is 11.1 Å². The summed E-state index contributed by atoms with van der Waals surface area (Å²) >= 11 is 0. The van der Waals surface area contributed by atoms with Crippen molar-refractivity contribution in [2.45, 2.75) is 32.2 Å². The lowest BCUT2D eigenvalue weighted by atomic mass is 9.75. The smallest absolute Gasteiger partial charge is 0.346 e. The topological polar surface area (TPSA) is 81.8 Å². The molecule has 1 heterocycles. The first-order chi connectivity index (χ1) is 12.7. The van der Waals surface area contributed by atoms with Crippen LogP contribution < -0.4 is 0 Å². The SMILES string of the molecule is CC(C)(C)C1=N[C@@](c2ccccc2)([C@@H](C[N+](=O)[O-])c2ccccc2)C(=O)O1. The monoisotopic (exact) mass is 366 g/mol. The quantitative estimate of drug-likeness (QED) is 0.456. The Kier molecular flexibility index (Phi) is 4.83. The van der Waals surface area contributed by atoms with E-state index in [2.05, 4.69) is 0 Å². The van der Waals surface area contributed by atoms with Crippen LogP contribution in [0.5, 0.6) is 0 Å². The van der Waals surface area contributed by atoms with E-state index in [4.69, 9.17) is 9.73 Å². The van der Waals surface area contributed by atoms with Gasteiger partial charge in [0.15, 0.2) is 5.54 Å². The van der Waals surface area contributed by atoms with Gasteiger partial charge in [-0.3, -0.25) is 10.1 Å². The maximum absolute atomic E-state index is 13.2. The zero-order valence-corrected chi connectivity index (χ0v) is 15.6. The molecule has 6 nitrogen and oxygen atoms in total. The highest BCUT2D eigenvalue weighted by molar-refractivity contribution is 6.03. The molecule has 1 aliphatic heterocycles. The fraction of sp³-hybridized carbons (Fsp3) is 0.333. The fourth-order valence-electron chi connectivity index (χ4n) is 3.32. The van der Waals surface area contributed by atoms with Crippen LogP contribution in [0.15, 0.2) is 65.7 Å². The number of ether oxygens (including phenoxy) is 1. The molecule has 3 rings (SSSR count). The summed E-state index contributed by atoms with van der Waals surface area (Å²) in [6.07, 6.45) is 0. The number of esters is 1. The van der Waals surface area contributed by atoms with Gasteiger partial charge in [0.05, 0.1) is 5.92 Å². The lowest BCUT2D eigenvalue weighted by Crippen LogP contribution is -2.41. The van der Waals surface area contributed by atoms with Crippen molar-refractivity contribution in [3.05, 3.63) is 81.9 Å². The average Bonchev–Trinajstić information content (AvgIpc) is 2.99. The van der Waals surface area contributed by atoms with Crippen LogP contribution >= 0.6 is 0 Å². The normalized spacial score (nSPS) is 20.7. The minimum absolute atomic E-state index is 0.292. The lowest BCUT2D eigenvalue weighted by Gasteiger charge is -2.30. The first-order valence-corrected chi connectivity index (χ1v) is 8.80. The molecule has 27 heavy (non-hydrogen) atoms. The Hall–Kier alpha value is -3.02.